The third-order valence-corrected chi connectivity index (χ3v) is 5.42. The van der Waals surface area contributed by atoms with Gasteiger partial charge in [0, 0.05) is 10.7 Å². The van der Waals surface area contributed by atoms with Crippen LogP contribution in [0, 0.1) is 0 Å². The van der Waals surface area contributed by atoms with Crippen molar-refractivity contribution in [3.63, 3.8) is 0 Å². The van der Waals surface area contributed by atoms with Crippen LogP contribution in [-0.4, -0.2) is 19.1 Å². The quantitative estimate of drug-likeness (QED) is 0.521. The summed E-state index contributed by atoms with van der Waals surface area (Å²) < 4.78 is 11.6. The lowest BCUT2D eigenvalue weighted by Gasteiger charge is -2.38. The highest BCUT2D eigenvalue weighted by Crippen LogP contribution is 2.43. The average molecular weight is 422 g/mol. The van der Waals surface area contributed by atoms with E-state index in [0.29, 0.717) is 22.9 Å². The van der Waals surface area contributed by atoms with Crippen molar-refractivity contribution >= 4 is 23.2 Å². The molecule has 0 bridgehead atoms. The van der Waals surface area contributed by atoms with Crippen molar-refractivity contribution in [3.8, 4) is 11.5 Å². The number of anilines is 1. The maximum Gasteiger partial charge on any atom is 0.232 e. The maximum atomic E-state index is 13.3. The number of rotatable bonds is 5. The lowest BCUT2D eigenvalue weighted by Crippen LogP contribution is -2.41. The Labute approximate surface area is 182 Å². The van der Waals surface area contributed by atoms with E-state index in [1.165, 1.54) is 0 Å². The van der Waals surface area contributed by atoms with Crippen molar-refractivity contribution in [2.75, 3.05) is 12.0 Å². The molecule has 1 amide bonds. The average Bonchev–Trinajstić information content (AvgIpc) is 2.73. The smallest absolute Gasteiger partial charge is 0.232 e. The number of fused-ring (bicyclic) bond motifs is 1. The molecule has 30 heavy (non-hydrogen) atoms. The van der Waals surface area contributed by atoms with Gasteiger partial charge in [-0.2, -0.15) is 0 Å². The van der Waals surface area contributed by atoms with E-state index < -0.39 is 0 Å². The van der Waals surface area contributed by atoms with Crippen LogP contribution in [0.5, 0.6) is 11.5 Å². The van der Waals surface area contributed by atoms with E-state index in [4.69, 9.17) is 21.1 Å². The van der Waals surface area contributed by atoms with Crippen molar-refractivity contribution in [1.29, 1.82) is 0 Å². The minimum absolute atomic E-state index is 0.00128. The first-order valence-electron chi connectivity index (χ1n) is 9.98. The Morgan fingerprint density at radius 3 is 2.33 bits per heavy atom. The Balaban J connectivity index is 1.92. The zero-order valence-corrected chi connectivity index (χ0v) is 18.0. The minimum atomic E-state index is -0.290. The number of para-hydroxylation sites is 1. The molecule has 0 saturated heterocycles. The molecule has 1 aliphatic heterocycles. The molecule has 3 aromatic rings. The zero-order valence-electron chi connectivity index (χ0n) is 17.3. The second kappa shape index (κ2) is 8.41. The highest BCUT2D eigenvalue weighted by molar-refractivity contribution is 6.30. The Morgan fingerprint density at radius 1 is 1.00 bits per heavy atom. The molecule has 0 fully saturated rings. The van der Waals surface area contributed by atoms with E-state index in [9.17, 15) is 4.79 Å². The number of benzene rings is 3. The van der Waals surface area contributed by atoms with Crippen molar-refractivity contribution < 1.29 is 14.3 Å². The van der Waals surface area contributed by atoms with Crippen LogP contribution in [-0.2, 0) is 11.2 Å². The van der Waals surface area contributed by atoms with Crippen molar-refractivity contribution in [2.45, 2.75) is 32.4 Å². The normalized spacial score (nSPS) is 15.8. The van der Waals surface area contributed by atoms with E-state index in [1.807, 2.05) is 85.5 Å². The predicted molar refractivity (Wildman–Crippen MR) is 120 cm³/mol. The standard InChI is InChI=1S/C25H24ClNO3/c1-16(2)30-23-15-21-18(13-22(23)29-3)14-24(28)27(20-7-5-4-6-8-20)25(21)17-9-11-19(26)12-10-17/h4-13,15-16,25H,14H2,1-3H3. The number of hydrogen-bond donors (Lipinski definition) is 0. The lowest BCUT2D eigenvalue weighted by molar-refractivity contribution is -0.118. The molecule has 3 aromatic carbocycles. The summed E-state index contributed by atoms with van der Waals surface area (Å²) in [6.45, 7) is 3.96. The van der Waals surface area contributed by atoms with Gasteiger partial charge in [-0.1, -0.05) is 41.9 Å². The van der Waals surface area contributed by atoms with Crippen LogP contribution in [0.3, 0.4) is 0 Å². The monoisotopic (exact) mass is 421 g/mol. The van der Waals surface area contributed by atoms with E-state index in [1.54, 1.807) is 7.11 Å². The van der Waals surface area contributed by atoms with E-state index in [-0.39, 0.29) is 18.1 Å². The van der Waals surface area contributed by atoms with Crippen LogP contribution in [0.2, 0.25) is 5.02 Å². The van der Waals surface area contributed by atoms with Crippen LogP contribution in [0.25, 0.3) is 0 Å². The number of ether oxygens (including phenoxy) is 2. The molecule has 4 nitrogen and oxygen atoms in total. The molecule has 1 aliphatic rings. The molecule has 1 unspecified atom stereocenters. The Morgan fingerprint density at radius 2 is 1.70 bits per heavy atom. The first-order chi connectivity index (χ1) is 14.5. The van der Waals surface area contributed by atoms with Gasteiger partial charge in [-0.05, 0) is 66.9 Å². The largest absolute Gasteiger partial charge is 0.493 e. The molecule has 0 aliphatic carbocycles. The van der Waals surface area contributed by atoms with Crippen LogP contribution in [0.1, 0.15) is 36.6 Å². The van der Waals surface area contributed by atoms with Gasteiger partial charge in [0.2, 0.25) is 5.91 Å². The molecular weight excluding hydrogens is 398 g/mol. The highest BCUT2D eigenvalue weighted by Gasteiger charge is 2.36. The summed E-state index contributed by atoms with van der Waals surface area (Å²) in [7, 11) is 1.62. The number of amides is 1. The molecule has 1 heterocycles. The van der Waals surface area contributed by atoms with Gasteiger partial charge in [-0.3, -0.25) is 4.79 Å². The number of hydrogen-bond acceptors (Lipinski definition) is 3. The Hall–Kier alpha value is -2.98. The number of methoxy groups -OCH3 is 1. The maximum absolute atomic E-state index is 13.3. The topological polar surface area (TPSA) is 38.8 Å². The van der Waals surface area contributed by atoms with E-state index >= 15 is 0 Å². The summed E-state index contributed by atoms with van der Waals surface area (Å²) >= 11 is 6.14. The molecular formula is C25H24ClNO3. The van der Waals surface area contributed by atoms with E-state index in [2.05, 4.69) is 0 Å². The third-order valence-electron chi connectivity index (χ3n) is 5.17. The van der Waals surface area contributed by atoms with Crippen molar-refractivity contribution in [3.05, 3.63) is 88.4 Å². The number of halogens is 1. The lowest BCUT2D eigenvalue weighted by atomic mass is 9.87. The molecule has 0 aromatic heterocycles. The van der Waals surface area contributed by atoms with E-state index in [0.717, 1.165) is 22.4 Å². The summed E-state index contributed by atoms with van der Waals surface area (Å²) in [5.41, 5.74) is 3.81. The van der Waals surface area contributed by atoms with Gasteiger partial charge in [0.15, 0.2) is 11.5 Å². The molecule has 0 spiro atoms. The summed E-state index contributed by atoms with van der Waals surface area (Å²) in [6.07, 6.45) is 0.300. The SMILES string of the molecule is COc1cc2c(cc1OC(C)C)C(c1ccc(Cl)cc1)N(c1ccccc1)C(=O)C2. The van der Waals surface area contributed by atoms with Gasteiger partial charge in [0.25, 0.3) is 0 Å². The van der Waals surface area contributed by atoms with Crippen LogP contribution < -0.4 is 14.4 Å². The summed E-state index contributed by atoms with van der Waals surface area (Å²) in [6, 6.07) is 21.0. The third kappa shape index (κ3) is 3.88. The Kier molecular flexibility index (Phi) is 5.69. The van der Waals surface area contributed by atoms with Crippen LogP contribution in [0.15, 0.2) is 66.7 Å². The highest BCUT2D eigenvalue weighted by atomic mass is 35.5. The second-order valence-corrected chi connectivity index (χ2v) is 8.04. The molecule has 5 heteroatoms. The number of nitrogens with zero attached hydrogens (tertiary/aromatic N) is 1. The fraction of sp³-hybridized carbons (Fsp3) is 0.240. The molecule has 1 atom stereocenters. The first-order valence-corrected chi connectivity index (χ1v) is 10.4. The fourth-order valence-electron chi connectivity index (χ4n) is 3.92. The van der Waals surface area contributed by atoms with Crippen LogP contribution in [0.4, 0.5) is 5.69 Å². The fourth-order valence-corrected chi connectivity index (χ4v) is 4.04. The van der Waals surface area contributed by atoms with Crippen LogP contribution >= 0.6 is 11.6 Å². The molecule has 0 saturated carbocycles. The minimum Gasteiger partial charge on any atom is -0.493 e. The van der Waals surface area contributed by atoms with Gasteiger partial charge < -0.3 is 14.4 Å². The Bertz CT molecular complexity index is 1050. The molecule has 4 rings (SSSR count). The van der Waals surface area contributed by atoms with Crippen molar-refractivity contribution in [1.82, 2.24) is 0 Å². The molecule has 0 N–H and O–H groups in total. The van der Waals surface area contributed by atoms with Crippen molar-refractivity contribution in [2.24, 2.45) is 0 Å². The van der Waals surface area contributed by atoms with Gasteiger partial charge in [-0.25, -0.2) is 0 Å². The summed E-state index contributed by atoms with van der Waals surface area (Å²) in [4.78, 5) is 15.2. The second-order valence-electron chi connectivity index (χ2n) is 7.60. The van der Waals surface area contributed by atoms with Gasteiger partial charge in [0.1, 0.15) is 0 Å². The summed E-state index contributed by atoms with van der Waals surface area (Å²) in [5, 5.41) is 0.658. The van der Waals surface area contributed by atoms with Gasteiger partial charge in [-0.15, -0.1) is 0 Å². The first kappa shape index (κ1) is 20.3. The van der Waals surface area contributed by atoms with Gasteiger partial charge in [0.05, 0.1) is 25.7 Å². The number of carbonyl (C=O) groups is 1. The number of carbonyl (C=O) groups excluding carboxylic acids is 1. The van der Waals surface area contributed by atoms with Gasteiger partial charge >= 0.3 is 0 Å². The summed E-state index contributed by atoms with van der Waals surface area (Å²) in [5.74, 6) is 1.35. The molecule has 0 radical (unpaired) electrons. The zero-order chi connectivity index (χ0) is 21.3. The predicted octanol–water partition coefficient (Wildman–Crippen LogP) is 5.81. The molecule has 154 valence electrons.